The number of ether oxygens (including phenoxy) is 2. The number of methoxy groups -OCH3 is 1. The first-order valence-corrected chi connectivity index (χ1v) is 8.43. The zero-order chi connectivity index (χ0) is 19.3. The fourth-order valence-electron chi connectivity index (χ4n) is 2.51. The minimum Gasteiger partial charge on any atom is -0.489 e. The van der Waals surface area contributed by atoms with E-state index in [4.69, 9.17) is 21.7 Å². The summed E-state index contributed by atoms with van der Waals surface area (Å²) >= 11 is 4.86. The topological polar surface area (TPSA) is 30.5 Å². The number of thiocarbonyl (C=S) groups is 1. The molecule has 140 valence electrons. The first-order chi connectivity index (χ1) is 12.3. The number of hydrogen-bond donors (Lipinski definition) is 1. The standard InChI is InChI=1S/C19H20F3NO2S/c1-4-13-8-9-16(12(2)10-13)25-11-14-6-5-7-15(19(20,21)22)17(14)23-18(26)24-3/h5-10H,4,11H2,1-3H3,(H,23,26). The maximum atomic E-state index is 13.3. The van der Waals surface area contributed by atoms with Gasteiger partial charge in [0.05, 0.1) is 18.4 Å². The molecule has 0 radical (unpaired) electrons. The smallest absolute Gasteiger partial charge is 0.418 e. The summed E-state index contributed by atoms with van der Waals surface area (Å²) < 4.78 is 50.5. The number of halogens is 3. The zero-order valence-electron chi connectivity index (χ0n) is 14.7. The molecule has 0 aliphatic carbocycles. The maximum absolute atomic E-state index is 13.3. The molecule has 0 spiro atoms. The third kappa shape index (κ3) is 4.88. The van der Waals surface area contributed by atoms with Crippen LogP contribution in [0.15, 0.2) is 36.4 Å². The Morgan fingerprint density at radius 2 is 1.92 bits per heavy atom. The van der Waals surface area contributed by atoms with Crippen LogP contribution in [-0.4, -0.2) is 12.3 Å². The van der Waals surface area contributed by atoms with E-state index in [0.29, 0.717) is 11.3 Å². The summed E-state index contributed by atoms with van der Waals surface area (Å²) in [6.07, 6.45) is -3.63. The quantitative estimate of drug-likeness (QED) is 0.691. The molecule has 0 aliphatic heterocycles. The van der Waals surface area contributed by atoms with Crippen molar-refractivity contribution in [2.24, 2.45) is 0 Å². The maximum Gasteiger partial charge on any atom is 0.418 e. The molecule has 2 rings (SSSR count). The van der Waals surface area contributed by atoms with Gasteiger partial charge in [0.25, 0.3) is 5.17 Å². The van der Waals surface area contributed by atoms with Crippen molar-refractivity contribution in [1.29, 1.82) is 0 Å². The molecule has 0 heterocycles. The Balaban J connectivity index is 2.32. The van der Waals surface area contributed by atoms with Crippen LogP contribution in [0, 0.1) is 6.92 Å². The van der Waals surface area contributed by atoms with E-state index in [1.54, 1.807) is 6.07 Å². The Kier molecular flexibility index (Phi) is 6.47. The second-order valence-corrected chi connectivity index (χ2v) is 6.07. The van der Waals surface area contributed by atoms with Crippen LogP contribution in [0.25, 0.3) is 0 Å². The van der Waals surface area contributed by atoms with Crippen LogP contribution in [0.5, 0.6) is 5.75 Å². The van der Waals surface area contributed by atoms with Gasteiger partial charge in [-0.15, -0.1) is 0 Å². The second kappa shape index (κ2) is 8.40. The summed E-state index contributed by atoms with van der Waals surface area (Å²) in [4.78, 5) is 0. The Morgan fingerprint density at radius 1 is 1.19 bits per heavy atom. The Morgan fingerprint density at radius 3 is 2.50 bits per heavy atom. The molecule has 0 saturated heterocycles. The Labute approximate surface area is 156 Å². The lowest BCUT2D eigenvalue weighted by Crippen LogP contribution is -2.18. The van der Waals surface area contributed by atoms with Gasteiger partial charge >= 0.3 is 6.18 Å². The van der Waals surface area contributed by atoms with Crippen molar-refractivity contribution in [3.63, 3.8) is 0 Å². The van der Waals surface area contributed by atoms with E-state index in [0.717, 1.165) is 18.1 Å². The predicted octanol–water partition coefficient (Wildman–Crippen LogP) is 5.50. The van der Waals surface area contributed by atoms with Crippen LogP contribution < -0.4 is 10.1 Å². The fourth-order valence-corrected chi connectivity index (χ4v) is 2.61. The molecule has 7 heteroatoms. The summed E-state index contributed by atoms with van der Waals surface area (Å²) in [6, 6.07) is 9.66. The number of anilines is 1. The largest absolute Gasteiger partial charge is 0.489 e. The third-order valence-electron chi connectivity index (χ3n) is 3.90. The lowest BCUT2D eigenvalue weighted by Gasteiger charge is -2.19. The first kappa shape index (κ1) is 20.0. The van der Waals surface area contributed by atoms with Crippen LogP contribution in [0.3, 0.4) is 0 Å². The van der Waals surface area contributed by atoms with Gasteiger partial charge in [0.1, 0.15) is 12.4 Å². The number of benzene rings is 2. The fraction of sp³-hybridized carbons (Fsp3) is 0.316. The summed E-state index contributed by atoms with van der Waals surface area (Å²) in [7, 11) is 1.29. The summed E-state index contributed by atoms with van der Waals surface area (Å²) in [5, 5.41) is 2.37. The van der Waals surface area contributed by atoms with Crippen molar-refractivity contribution in [3.05, 3.63) is 58.7 Å². The summed E-state index contributed by atoms with van der Waals surface area (Å²) in [5.41, 5.74) is 1.45. The normalized spacial score (nSPS) is 11.2. The predicted molar refractivity (Wildman–Crippen MR) is 99.6 cm³/mol. The number of para-hydroxylation sites is 1. The van der Waals surface area contributed by atoms with Gasteiger partial charge in [-0.2, -0.15) is 13.2 Å². The van der Waals surface area contributed by atoms with E-state index in [1.165, 1.54) is 18.7 Å². The highest BCUT2D eigenvalue weighted by Gasteiger charge is 2.34. The SMILES string of the molecule is CCc1ccc(OCc2cccc(C(F)(F)F)c2NC(=S)OC)c(C)c1. The number of aryl methyl sites for hydroxylation is 2. The molecule has 0 aromatic heterocycles. The van der Waals surface area contributed by atoms with Crippen molar-refractivity contribution in [2.45, 2.75) is 33.1 Å². The van der Waals surface area contributed by atoms with Crippen molar-refractivity contribution in [3.8, 4) is 5.75 Å². The summed E-state index contributed by atoms with van der Waals surface area (Å²) in [5.74, 6) is 0.625. The highest BCUT2D eigenvalue weighted by molar-refractivity contribution is 7.80. The minimum absolute atomic E-state index is 0.0368. The molecule has 2 aromatic rings. The van der Waals surface area contributed by atoms with E-state index in [1.807, 2.05) is 25.1 Å². The third-order valence-corrected chi connectivity index (χ3v) is 4.17. The van der Waals surface area contributed by atoms with Crippen molar-refractivity contribution < 1.29 is 22.6 Å². The molecule has 0 unspecified atom stereocenters. The lowest BCUT2D eigenvalue weighted by molar-refractivity contribution is -0.137. The molecule has 0 bridgehead atoms. The average molecular weight is 383 g/mol. The molecule has 0 atom stereocenters. The first-order valence-electron chi connectivity index (χ1n) is 8.02. The molecule has 0 amide bonds. The van der Waals surface area contributed by atoms with Gasteiger partial charge in [-0.05, 0) is 48.8 Å². The van der Waals surface area contributed by atoms with Crippen LogP contribution in [0.2, 0.25) is 0 Å². The van der Waals surface area contributed by atoms with Crippen LogP contribution in [-0.2, 0) is 23.9 Å². The molecule has 1 N–H and O–H groups in total. The van der Waals surface area contributed by atoms with Crippen molar-refractivity contribution >= 4 is 23.1 Å². The van der Waals surface area contributed by atoms with Gasteiger partial charge in [-0.25, -0.2) is 0 Å². The molecule has 0 aliphatic rings. The Bertz CT molecular complexity index is 791. The van der Waals surface area contributed by atoms with Gasteiger partial charge in [-0.3, -0.25) is 0 Å². The average Bonchev–Trinajstić information content (AvgIpc) is 2.60. The number of nitrogens with one attached hydrogen (secondary N) is 1. The second-order valence-electron chi connectivity index (χ2n) is 5.70. The van der Waals surface area contributed by atoms with Crippen molar-refractivity contribution in [1.82, 2.24) is 0 Å². The van der Waals surface area contributed by atoms with Crippen LogP contribution in [0.1, 0.15) is 29.2 Å². The molecule has 0 saturated carbocycles. The van der Waals surface area contributed by atoms with Crippen LogP contribution in [0.4, 0.5) is 18.9 Å². The van der Waals surface area contributed by atoms with Crippen LogP contribution >= 0.6 is 12.2 Å². The minimum atomic E-state index is -4.53. The molecular formula is C19H20F3NO2S. The molecule has 3 nitrogen and oxygen atoms in total. The summed E-state index contributed by atoms with van der Waals surface area (Å²) in [6.45, 7) is 3.92. The number of alkyl halides is 3. The van der Waals surface area contributed by atoms with Crippen molar-refractivity contribution in [2.75, 3.05) is 12.4 Å². The van der Waals surface area contributed by atoms with Gasteiger partial charge < -0.3 is 14.8 Å². The lowest BCUT2D eigenvalue weighted by atomic mass is 10.1. The van der Waals surface area contributed by atoms with Gasteiger partial charge in [0.2, 0.25) is 0 Å². The molecule has 2 aromatic carbocycles. The van der Waals surface area contributed by atoms with E-state index in [2.05, 4.69) is 12.2 Å². The van der Waals surface area contributed by atoms with E-state index < -0.39 is 11.7 Å². The molecule has 0 fully saturated rings. The van der Waals surface area contributed by atoms with E-state index >= 15 is 0 Å². The zero-order valence-corrected chi connectivity index (χ0v) is 15.6. The van der Waals surface area contributed by atoms with E-state index in [-0.39, 0.29) is 17.5 Å². The van der Waals surface area contributed by atoms with Gasteiger partial charge in [-0.1, -0.05) is 31.2 Å². The number of rotatable bonds is 5. The highest BCUT2D eigenvalue weighted by Crippen LogP contribution is 2.37. The molecule has 26 heavy (non-hydrogen) atoms. The highest BCUT2D eigenvalue weighted by atomic mass is 32.1. The Hall–Kier alpha value is -2.28. The van der Waals surface area contributed by atoms with Gasteiger partial charge in [0, 0.05) is 5.56 Å². The van der Waals surface area contributed by atoms with E-state index in [9.17, 15) is 13.2 Å². The monoisotopic (exact) mass is 383 g/mol. The van der Waals surface area contributed by atoms with Gasteiger partial charge in [0.15, 0.2) is 0 Å². The number of hydrogen-bond acceptors (Lipinski definition) is 3. The molecular weight excluding hydrogens is 363 g/mol.